The van der Waals surface area contributed by atoms with Gasteiger partial charge in [-0.25, -0.2) is 0 Å². The summed E-state index contributed by atoms with van der Waals surface area (Å²) in [7, 11) is 6.36. The number of rotatable bonds is 2. The molecule has 1 nitrogen and oxygen atoms in total. The Morgan fingerprint density at radius 3 is 1.61 bits per heavy atom. The molecule has 2 radical (unpaired) electrons. The Morgan fingerprint density at radius 2 is 1.33 bits per heavy atom. The van der Waals surface area contributed by atoms with E-state index in [2.05, 4.69) is 63.1 Å². The number of hydrogen-bond acceptors (Lipinski definition) is 1. The first-order valence-corrected chi connectivity index (χ1v) is 10.3. The van der Waals surface area contributed by atoms with Crippen LogP contribution in [-0.2, 0) is 5.54 Å². The molecule has 0 aliphatic rings. The first kappa shape index (κ1) is 19.8. The van der Waals surface area contributed by atoms with E-state index in [4.69, 9.17) is 7.44 Å². The number of nitrogens with one attached hydrogen (secondary N) is 1. The van der Waals surface area contributed by atoms with Gasteiger partial charge in [0.15, 0.2) is 0 Å². The molecule has 102 valence electrons. The van der Waals surface area contributed by atoms with Crippen molar-refractivity contribution in [3.05, 3.63) is 35.9 Å². The quantitative estimate of drug-likeness (QED) is 0.790. The predicted molar refractivity (Wildman–Crippen MR) is 89.0 cm³/mol. The third-order valence-corrected chi connectivity index (χ3v) is 2.12. The summed E-state index contributed by atoms with van der Waals surface area (Å²) in [5.41, 5.74) is 1.41. The van der Waals surface area contributed by atoms with E-state index in [-0.39, 0.29) is 5.54 Å². The van der Waals surface area contributed by atoms with E-state index in [1.54, 1.807) is 0 Å². The molecule has 0 atom stereocenters. The molecule has 0 fully saturated rings. The third kappa shape index (κ3) is 11.9. The Bertz CT molecular complexity index is 285. The molecule has 0 aromatic heterocycles. The van der Waals surface area contributed by atoms with Crippen LogP contribution in [0.2, 0.25) is 19.6 Å². The van der Waals surface area contributed by atoms with Gasteiger partial charge in [-0.15, -0.1) is 0 Å². The lowest BCUT2D eigenvalue weighted by Gasteiger charge is -2.24. The van der Waals surface area contributed by atoms with Gasteiger partial charge in [-0.05, 0) is 34.4 Å². The van der Waals surface area contributed by atoms with Gasteiger partial charge in [0.25, 0.3) is 0 Å². The molecule has 1 N–H and O–H groups in total. The second-order valence-corrected chi connectivity index (χ2v) is 10.3. The van der Waals surface area contributed by atoms with Gasteiger partial charge in [0.2, 0.25) is 0 Å². The molecule has 0 saturated carbocycles. The van der Waals surface area contributed by atoms with E-state index in [1.807, 2.05) is 27.0 Å². The largest absolute Gasteiger partial charge is 0.311 e. The van der Waals surface area contributed by atoms with Gasteiger partial charge in [-0.2, -0.15) is 0 Å². The molecule has 0 amide bonds. The summed E-state index contributed by atoms with van der Waals surface area (Å²) in [5, 5.41) is 3.26. The van der Waals surface area contributed by atoms with Gasteiger partial charge < -0.3 is 5.32 Å². The van der Waals surface area contributed by atoms with E-state index in [9.17, 15) is 0 Å². The standard InChI is InChI=1S/C10H15N.C3H9BSi.C2H6/c1-10(2,11-3)9-7-5-4-6-8-9;1-5(2,3)4;1-2/h4-8,11H,1-3H3;1-3H3;1-2H3. The molecule has 18 heavy (non-hydrogen) atoms. The second-order valence-electron chi connectivity index (χ2n) is 5.61. The van der Waals surface area contributed by atoms with Gasteiger partial charge in [-0.3, -0.25) is 0 Å². The van der Waals surface area contributed by atoms with Gasteiger partial charge in [0.05, 0.1) is 7.44 Å². The lowest BCUT2D eigenvalue weighted by molar-refractivity contribution is 0.445. The minimum absolute atomic E-state index is 0.0846. The van der Waals surface area contributed by atoms with Crippen molar-refractivity contribution < 1.29 is 0 Å². The SMILES string of the molecule is CC.CNC(C)(C)c1ccccc1.[B][Si](C)(C)C. The van der Waals surface area contributed by atoms with Crippen molar-refractivity contribution in [2.45, 2.75) is 52.9 Å². The topological polar surface area (TPSA) is 12.0 Å². The summed E-state index contributed by atoms with van der Waals surface area (Å²) in [6, 6.07) is 10.4. The highest BCUT2D eigenvalue weighted by Gasteiger charge is 2.15. The van der Waals surface area contributed by atoms with Crippen LogP contribution in [0.5, 0.6) is 0 Å². The average Bonchev–Trinajstić information content (AvgIpc) is 2.31. The maximum Gasteiger partial charge on any atom is 0.0562 e. The third-order valence-electron chi connectivity index (χ3n) is 2.12. The van der Waals surface area contributed by atoms with Gasteiger partial charge in [0.1, 0.15) is 0 Å². The van der Waals surface area contributed by atoms with Crippen LogP contribution in [0, 0.1) is 0 Å². The summed E-state index contributed by atoms with van der Waals surface area (Å²) >= 11 is 0. The van der Waals surface area contributed by atoms with Gasteiger partial charge in [0, 0.05) is 5.54 Å². The molecule has 0 heterocycles. The van der Waals surface area contributed by atoms with Crippen LogP contribution in [0.1, 0.15) is 33.3 Å². The first-order valence-electron chi connectivity index (χ1n) is 6.70. The summed E-state index contributed by atoms with van der Waals surface area (Å²) < 4.78 is 0. The lowest BCUT2D eigenvalue weighted by atomic mass is 9.95. The highest BCUT2D eigenvalue weighted by Crippen LogP contribution is 2.17. The molecule has 1 aromatic carbocycles. The Morgan fingerprint density at radius 1 is 1.00 bits per heavy atom. The monoisotopic (exact) mass is 263 g/mol. The highest BCUT2D eigenvalue weighted by atomic mass is 28.3. The molecule has 3 heteroatoms. The summed E-state index contributed by atoms with van der Waals surface area (Å²) in [6.07, 6.45) is 0. The number of benzene rings is 1. The lowest BCUT2D eigenvalue weighted by Crippen LogP contribution is -2.32. The van der Waals surface area contributed by atoms with Crippen LogP contribution < -0.4 is 5.32 Å². The molecular weight excluding hydrogens is 233 g/mol. The minimum atomic E-state index is -1.11. The van der Waals surface area contributed by atoms with Crippen molar-refractivity contribution in [3.63, 3.8) is 0 Å². The summed E-state index contributed by atoms with van der Waals surface area (Å²) in [6.45, 7) is 14.7. The van der Waals surface area contributed by atoms with E-state index in [0.29, 0.717) is 0 Å². The smallest absolute Gasteiger partial charge is 0.0562 e. The van der Waals surface area contributed by atoms with Crippen LogP contribution >= 0.6 is 0 Å². The van der Waals surface area contributed by atoms with E-state index >= 15 is 0 Å². The maximum absolute atomic E-state index is 5.49. The van der Waals surface area contributed by atoms with Crippen LogP contribution in [0.15, 0.2) is 30.3 Å². The zero-order valence-corrected chi connectivity index (χ0v) is 14.5. The zero-order chi connectivity index (χ0) is 14.8. The molecule has 0 unspecified atom stereocenters. The van der Waals surface area contributed by atoms with Crippen LogP contribution in [0.25, 0.3) is 0 Å². The van der Waals surface area contributed by atoms with Crippen LogP contribution in [0.3, 0.4) is 0 Å². The Kier molecular flexibility index (Phi) is 10.3. The summed E-state index contributed by atoms with van der Waals surface area (Å²) in [5.74, 6) is 0. The molecule has 0 aliphatic heterocycles. The molecular formula is C15H30BNSi. The zero-order valence-electron chi connectivity index (χ0n) is 13.5. The fourth-order valence-corrected chi connectivity index (χ4v) is 0.999. The molecule has 0 bridgehead atoms. The summed E-state index contributed by atoms with van der Waals surface area (Å²) in [4.78, 5) is 0. The van der Waals surface area contributed by atoms with E-state index < -0.39 is 7.94 Å². The fraction of sp³-hybridized carbons (Fsp3) is 0.600. The molecule has 0 aliphatic carbocycles. The predicted octanol–water partition coefficient (Wildman–Crippen LogP) is 4.16. The van der Waals surface area contributed by atoms with Crippen molar-refractivity contribution in [1.82, 2.24) is 5.32 Å². The molecule has 0 spiro atoms. The first-order chi connectivity index (χ1) is 8.17. The molecule has 0 saturated heterocycles. The van der Waals surface area contributed by atoms with Gasteiger partial charge >= 0.3 is 0 Å². The normalized spacial score (nSPS) is 10.7. The van der Waals surface area contributed by atoms with Crippen molar-refractivity contribution in [2.75, 3.05) is 7.05 Å². The molecule has 1 aromatic rings. The van der Waals surface area contributed by atoms with E-state index in [1.165, 1.54) is 5.56 Å². The van der Waals surface area contributed by atoms with Crippen LogP contribution in [-0.4, -0.2) is 22.4 Å². The number of hydrogen-bond donors (Lipinski definition) is 1. The van der Waals surface area contributed by atoms with Gasteiger partial charge in [-0.1, -0.05) is 63.8 Å². The minimum Gasteiger partial charge on any atom is -0.311 e. The Balaban J connectivity index is 0. The van der Waals surface area contributed by atoms with Crippen molar-refractivity contribution in [2.24, 2.45) is 0 Å². The highest BCUT2D eigenvalue weighted by molar-refractivity contribution is 7.15. The van der Waals surface area contributed by atoms with Crippen LogP contribution in [0.4, 0.5) is 0 Å². The average molecular weight is 263 g/mol. The molecule has 1 rings (SSSR count). The van der Waals surface area contributed by atoms with Crippen molar-refractivity contribution in [3.8, 4) is 0 Å². The maximum atomic E-state index is 5.49. The van der Waals surface area contributed by atoms with Crippen molar-refractivity contribution >= 4 is 15.4 Å². The fourth-order valence-electron chi connectivity index (χ4n) is 0.999. The Hall–Kier alpha value is -0.538. The Labute approximate surface area is 117 Å². The second kappa shape index (κ2) is 9.40. The van der Waals surface area contributed by atoms with E-state index in [0.717, 1.165) is 0 Å². The van der Waals surface area contributed by atoms with Crippen molar-refractivity contribution in [1.29, 1.82) is 0 Å².